The summed E-state index contributed by atoms with van der Waals surface area (Å²) in [4.78, 5) is 29.0. The Morgan fingerprint density at radius 2 is 2.25 bits per heavy atom. The summed E-state index contributed by atoms with van der Waals surface area (Å²) >= 11 is 1.20. The van der Waals surface area contributed by atoms with Gasteiger partial charge in [-0.3, -0.25) is 9.36 Å². The number of rotatable bonds is 5. The first kappa shape index (κ1) is 13.2. The molecule has 1 aromatic rings. The molecule has 1 unspecified atom stereocenters. The molecule has 0 radical (unpaired) electrons. The van der Waals surface area contributed by atoms with E-state index in [4.69, 9.17) is 19.6 Å². The molecule has 3 N–H and O–H groups in total. The monoisotopic (exact) mass is 266 g/mol. The Hall–Kier alpha value is -0.880. The highest BCUT2D eigenvalue weighted by Gasteiger charge is 2.36. The number of thiophene rings is 1. The number of hydrogen-bond acceptors (Lipinski definition) is 4. The summed E-state index contributed by atoms with van der Waals surface area (Å²) in [6, 6.07) is 1.57. The molecule has 0 bridgehead atoms. The first-order valence-corrected chi connectivity index (χ1v) is 6.80. The van der Waals surface area contributed by atoms with Gasteiger partial charge in [0.05, 0.1) is 7.11 Å². The Bertz CT molecular complexity index is 422. The zero-order valence-electron chi connectivity index (χ0n) is 8.36. The minimum absolute atomic E-state index is 0.201. The standard InChI is InChI=1S/C8H11O6PS/c1-14-5-2-6(16-4-5)3-7(8(9)10)15(11,12)13/h2,4,7H,3H2,1H3,(H,9,10)(H2,11,12,13). The van der Waals surface area contributed by atoms with E-state index in [1.807, 2.05) is 0 Å². The van der Waals surface area contributed by atoms with E-state index in [9.17, 15) is 9.36 Å². The highest BCUT2D eigenvalue weighted by molar-refractivity contribution is 7.53. The van der Waals surface area contributed by atoms with Crippen LogP contribution in [0.5, 0.6) is 5.75 Å². The van der Waals surface area contributed by atoms with Crippen LogP contribution in [0.3, 0.4) is 0 Å². The van der Waals surface area contributed by atoms with Crippen LogP contribution in [-0.2, 0) is 15.8 Å². The topological polar surface area (TPSA) is 104 Å². The van der Waals surface area contributed by atoms with Gasteiger partial charge in [-0.25, -0.2) is 0 Å². The van der Waals surface area contributed by atoms with Crippen molar-refractivity contribution in [1.82, 2.24) is 0 Å². The fourth-order valence-electron chi connectivity index (χ4n) is 1.12. The third-order valence-electron chi connectivity index (χ3n) is 1.95. The number of carboxylic acids is 1. The van der Waals surface area contributed by atoms with Crippen molar-refractivity contribution < 1.29 is 29.0 Å². The van der Waals surface area contributed by atoms with Crippen LogP contribution in [0.1, 0.15) is 4.88 Å². The lowest BCUT2D eigenvalue weighted by Gasteiger charge is -2.12. The second kappa shape index (κ2) is 4.97. The molecule has 8 heteroatoms. The van der Waals surface area contributed by atoms with Gasteiger partial charge in [0.2, 0.25) is 0 Å². The molecule has 0 saturated carbocycles. The highest BCUT2D eigenvalue weighted by atomic mass is 32.1. The molecule has 0 amide bonds. The molecule has 16 heavy (non-hydrogen) atoms. The van der Waals surface area contributed by atoms with Crippen LogP contribution in [0.25, 0.3) is 0 Å². The van der Waals surface area contributed by atoms with Gasteiger partial charge >= 0.3 is 13.6 Å². The van der Waals surface area contributed by atoms with E-state index in [1.54, 1.807) is 11.4 Å². The number of carboxylic acid groups (broad SMARTS) is 1. The van der Waals surface area contributed by atoms with Gasteiger partial charge in [0.25, 0.3) is 0 Å². The van der Waals surface area contributed by atoms with Gasteiger partial charge in [0.15, 0.2) is 5.66 Å². The van der Waals surface area contributed by atoms with E-state index in [-0.39, 0.29) is 6.42 Å². The largest absolute Gasteiger partial charge is 0.496 e. The Morgan fingerprint density at radius 1 is 1.62 bits per heavy atom. The smallest absolute Gasteiger partial charge is 0.340 e. The number of methoxy groups -OCH3 is 1. The first-order chi connectivity index (χ1) is 7.34. The van der Waals surface area contributed by atoms with Gasteiger partial charge in [-0.15, -0.1) is 11.3 Å². The average Bonchev–Trinajstić information content (AvgIpc) is 2.59. The SMILES string of the molecule is COc1csc(CC(C(=O)O)P(=O)(O)O)c1. The third kappa shape index (κ3) is 3.31. The van der Waals surface area contributed by atoms with Crippen molar-refractivity contribution in [3.8, 4) is 5.75 Å². The third-order valence-corrected chi connectivity index (χ3v) is 4.10. The molecular formula is C8H11O6PS. The summed E-state index contributed by atoms with van der Waals surface area (Å²) in [7, 11) is -3.17. The zero-order valence-corrected chi connectivity index (χ0v) is 10.1. The molecule has 1 atom stereocenters. The van der Waals surface area contributed by atoms with Crippen LogP contribution in [0.15, 0.2) is 11.4 Å². The zero-order chi connectivity index (χ0) is 12.3. The molecule has 1 rings (SSSR count). The van der Waals surface area contributed by atoms with Gasteiger partial charge in [0.1, 0.15) is 5.75 Å². The van der Waals surface area contributed by atoms with Crippen molar-refractivity contribution >= 4 is 24.9 Å². The van der Waals surface area contributed by atoms with Crippen molar-refractivity contribution in [3.05, 3.63) is 16.3 Å². The normalized spacial score (nSPS) is 13.4. The maximum Gasteiger partial charge on any atom is 0.340 e. The van der Waals surface area contributed by atoms with Gasteiger partial charge in [-0.2, -0.15) is 0 Å². The van der Waals surface area contributed by atoms with Crippen molar-refractivity contribution in [2.45, 2.75) is 12.1 Å². The lowest BCUT2D eigenvalue weighted by molar-refractivity contribution is -0.136. The van der Waals surface area contributed by atoms with Gasteiger partial charge in [0, 0.05) is 16.7 Å². The quantitative estimate of drug-likeness (QED) is 0.685. The van der Waals surface area contributed by atoms with Gasteiger partial charge in [-0.1, -0.05) is 0 Å². The molecule has 0 aliphatic rings. The Kier molecular flexibility index (Phi) is 4.09. The molecule has 0 fully saturated rings. The summed E-state index contributed by atoms with van der Waals surface area (Å²) in [6.45, 7) is 0. The number of aliphatic carboxylic acids is 1. The van der Waals surface area contributed by atoms with Crippen LogP contribution < -0.4 is 4.74 Å². The predicted molar refractivity (Wildman–Crippen MR) is 58.0 cm³/mol. The Labute approximate surface area is 95.7 Å². The molecule has 0 aliphatic carbocycles. The second-order valence-corrected chi connectivity index (χ2v) is 5.90. The molecule has 6 nitrogen and oxygen atoms in total. The highest BCUT2D eigenvalue weighted by Crippen LogP contribution is 2.43. The van der Waals surface area contributed by atoms with Crippen LogP contribution in [0, 0.1) is 0 Å². The second-order valence-electron chi connectivity index (χ2n) is 3.10. The van der Waals surface area contributed by atoms with E-state index in [0.717, 1.165) is 0 Å². The summed E-state index contributed by atoms with van der Waals surface area (Å²) in [5.41, 5.74) is -1.70. The van der Waals surface area contributed by atoms with E-state index in [1.165, 1.54) is 18.4 Å². The van der Waals surface area contributed by atoms with Crippen molar-refractivity contribution in [1.29, 1.82) is 0 Å². The lowest BCUT2D eigenvalue weighted by Crippen LogP contribution is -2.22. The van der Waals surface area contributed by atoms with Crippen LogP contribution >= 0.6 is 18.9 Å². The van der Waals surface area contributed by atoms with E-state index < -0.39 is 19.2 Å². The summed E-state index contributed by atoms with van der Waals surface area (Å²) in [6.07, 6.45) is -0.201. The maximum absolute atomic E-state index is 10.9. The van der Waals surface area contributed by atoms with E-state index >= 15 is 0 Å². The van der Waals surface area contributed by atoms with Crippen LogP contribution in [0.4, 0.5) is 0 Å². The van der Waals surface area contributed by atoms with Crippen molar-refractivity contribution in [2.75, 3.05) is 7.11 Å². The van der Waals surface area contributed by atoms with Gasteiger partial charge < -0.3 is 19.6 Å². The first-order valence-electron chi connectivity index (χ1n) is 4.24. The molecule has 0 saturated heterocycles. The molecule has 0 aromatic carbocycles. The molecular weight excluding hydrogens is 255 g/mol. The van der Waals surface area contributed by atoms with Crippen molar-refractivity contribution in [3.63, 3.8) is 0 Å². The fraction of sp³-hybridized carbons (Fsp3) is 0.375. The molecule has 0 spiro atoms. The summed E-state index contributed by atoms with van der Waals surface area (Å²) in [5.74, 6) is -0.949. The van der Waals surface area contributed by atoms with Crippen molar-refractivity contribution in [2.24, 2.45) is 0 Å². The Balaban J connectivity index is 2.84. The Morgan fingerprint density at radius 3 is 2.62 bits per heavy atom. The van der Waals surface area contributed by atoms with E-state index in [2.05, 4.69) is 0 Å². The predicted octanol–water partition coefficient (Wildman–Crippen LogP) is 0.930. The number of hydrogen-bond donors (Lipinski definition) is 3. The lowest BCUT2D eigenvalue weighted by atomic mass is 10.2. The minimum Gasteiger partial charge on any atom is -0.496 e. The number of ether oxygens (including phenoxy) is 1. The molecule has 0 aliphatic heterocycles. The molecule has 1 heterocycles. The van der Waals surface area contributed by atoms with Crippen LogP contribution in [-0.4, -0.2) is 33.6 Å². The maximum atomic E-state index is 10.9. The van der Waals surface area contributed by atoms with E-state index in [0.29, 0.717) is 10.6 Å². The van der Waals surface area contributed by atoms with Crippen LogP contribution in [0.2, 0.25) is 0 Å². The fourth-order valence-corrected chi connectivity index (χ4v) is 2.84. The minimum atomic E-state index is -4.63. The summed E-state index contributed by atoms with van der Waals surface area (Å²) < 4.78 is 15.8. The summed E-state index contributed by atoms with van der Waals surface area (Å²) in [5, 5.41) is 10.4. The number of carbonyl (C=O) groups is 1. The molecule has 90 valence electrons. The van der Waals surface area contributed by atoms with Gasteiger partial charge in [-0.05, 0) is 6.07 Å². The molecule has 1 aromatic heterocycles. The average molecular weight is 266 g/mol.